The van der Waals surface area contributed by atoms with Crippen molar-refractivity contribution < 1.29 is 18.0 Å². The lowest BCUT2D eigenvalue weighted by atomic mass is 9.82. The third kappa shape index (κ3) is 3.93. The van der Waals surface area contributed by atoms with Crippen LogP contribution in [-0.2, 0) is 6.18 Å². The third-order valence-electron chi connectivity index (χ3n) is 6.29. The predicted molar refractivity (Wildman–Crippen MR) is 118 cm³/mol. The second-order valence-corrected chi connectivity index (χ2v) is 8.66. The molecular formula is C22H23F3N8O. The van der Waals surface area contributed by atoms with Crippen LogP contribution in [0.1, 0.15) is 22.5 Å². The number of nitrogens with zero attached hydrogens (tertiary/aromatic N) is 8. The van der Waals surface area contributed by atoms with Crippen molar-refractivity contribution >= 4 is 17.7 Å². The summed E-state index contributed by atoms with van der Waals surface area (Å²) in [5, 5.41) is 8.26. The number of anilines is 2. The van der Waals surface area contributed by atoms with Crippen molar-refractivity contribution in [2.45, 2.75) is 18.6 Å². The van der Waals surface area contributed by atoms with E-state index in [1.54, 1.807) is 37.2 Å². The highest BCUT2D eigenvalue weighted by atomic mass is 19.4. The van der Waals surface area contributed by atoms with E-state index in [-0.39, 0.29) is 23.7 Å². The molecule has 34 heavy (non-hydrogen) atoms. The van der Waals surface area contributed by atoms with Crippen molar-refractivity contribution in [2.75, 3.05) is 43.5 Å². The second-order valence-electron chi connectivity index (χ2n) is 8.66. The molecule has 0 bridgehead atoms. The molecule has 12 heteroatoms. The molecule has 1 amide bonds. The number of benzene rings is 1. The first-order valence-electron chi connectivity index (χ1n) is 10.9. The van der Waals surface area contributed by atoms with Gasteiger partial charge in [-0.1, -0.05) is 12.1 Å². The maximum atomic E-state index is 13.4. The molecule has 2 atom stereocenters. The Kier molecular flexibility index (Phi) is 5.37. The highest BCUT2D eigenvalue weighted by molar-refractivity contribution is 5.97. The summed E-state index contributed by atoms with van der Waals surface area (Å²) in [5.74, 6) is 0.352. The van der Waals surface area contributed by atoms with Gasteiger partial charge in [-0.15, -0.1) is 0 Å². The zero-order valence-corrected chi connectivity index (χ0v) is 18.6. The van der Waals surface area contributed by atoms with Gasteiger partial charge in [-0.2, -0.15) is 33.1 Å². The highest BCUT2D eigenvalue weighted by Crippen LogP contribution is 2.38. The van der Waals surface area contributed by atoms with Gasteiger partial charge in [-0.25, -0.2) is 4.98 Å². The van der Waals surface area contributed by atoms with E-state index in [4.69, 9.17) is 0 Å². The van der Waals surface area contributed by atoms with E-state index in [9.17, 15) is 18.0 Å². The molecule has 178 valence electrons. The van der Waals surface area contributed by atoms with Gasteiger partial charge in [0, 0.05) is 45.7 Å². The molecule has 1 unspecified atom stereocenters. The zero-order chi connectivity index (χ0) is 24.0. The minimum Gasteiger partial charge on any atom is -0.351 e. The van der Waals surface area contributed by atoms with Gasteiger partial charge in [0.15, 0.2) is 5.69 Å². The summed E-state index contributed by atoms with van der Waals surface area (Å²) in [6.45, 7) is 1.57. The molecule has 0 radical (unpaired) electrons. The van der Waals surface area contributed by atoms with Crippen molar-refractivity contribution in [2.24, 2.45) is 5.92 Å². The smallest absolute Gasteiger partial charge is 0.351 e. The molecule has 2 aromatic heterocycles. The van der Waals surface area contributed by atoms with Crippen molar-refractivity contribution in [3.8, 4) is 5.69 Å². The van der Waals surface area contributed by atoms with Crippen LogP contribution in [0.15, 0.2) is 42.7 Å². The molecule has 4 heterocycles. The van der Waals surface area contributed by atoms with Gasteiger partial charge in [0.1, 0.15) is 5.82 Å². The number of aromatic nitrogens is 5. The summed E-state index contributed by atoms with van der Waals surface area (Å²) < 4.78 is 40.3. The van der Waals surface area contributed by atoms with Gasteiger partial charge in [-0.05, 0) is 18.6 Å². The van der Waals surface area contributed by atoms with E-state index in [1.807, 2.05) is 11.0 Å². The van der Waals surface area contributed by atoms with Crippen LogP contribution in [0.3, 0.4) is 0 Å². The van der Waals surface area contributed by atoms with Crippen molar-refractivity contribution in [1.82, 2.24) is 29.9 Å². The topological polar surface area (TPSA) is 83.3 Å². The molecule has 5 rings (SSSR count). The van der Waals surface area contributed by atoms with Gasteiger partial charge >= 0.3 is 6.18 Å². The molecule has 0 N–H and O–H groups in total. The van der Waals surface area contributed by atoms with Crippen LogP contribution in [0.4, 0.5) is 24.9 Å². The molecule has 0 aliphatic carbocycles. The number of carbonyl (C=O) groups is 1. The number of likely N-dealkylation sites (tertiary alicyclic amines) is 1. The molecule has 0 saturated carbocycles. The van der Waals surface area contributed by atoms with Crippen LogP contribution in [-0.4, -0.2) is 75.5 Å². The molecule has 2 saturated heterocycles. The van der Waals surface area contributed by atoms with Crippen LogP contribution < -0.4 is 9.80 Å². The fraction of sp³-hybridized carbons (Fsp3) is 0.409. The standard InChI is InChI=1S/C22H23F3N8O/c1-30(2)21-28-18(22(23,24)25)11-19(29-21)32-12-14-7-10-31(13-17(14)32)20(34)15-5-3-4-6-16(15)33-26-8-9-27-33/h3-6,8-9,11,14,17H,7,10,12-13H2,1-2H3/t14?,17-/m0/s1. The number of hydrogen-bond donors (Lipinski definition) is 0. The fourth-order valence-corrected chi connectivity index (χ4v) is 4.50. The number of rotatable bonds is 4. The second kappa shape index (κ2) is 8.26. The first-order valence-corrected chi connectivity index (χ1v) is 10.9. The Bertz CT molecular complexity index is 1200. The Labute approximate surface area is 193 Å². The Morgan fingerprint density at radius 2 is 1.82 bits per heavy atom. The minimum atomic E-state index is -4.58. The van der Waals surface area contributed by atoms with E-state index in [0.29, 0.717) is 36.8 Å². The summed E-state index contributed by atoms with van der Waals surface area (Å²) >= 11 is 0. The monoisotopic (exact) mass is 472 g/mol. The zero-order valence-electron chi connectivity index (χ0n) is 18.6. The molecule has 9 nitrogen and oxygen atoms in total. The predicted octanol–water partition coefficient (Wildman–Crippen LogP) is 2.49. The molecule has 2 fully saturated rings. The van der Waals surface area contributed by atoms with Crippen LogP contribution >= 0.6 is 0 Å². The van der Waals surface area contributed by atoms with E-state index >= 15 is 0 Å². The summed E-state index contributed by atoms with van der Waals surface area (Å²) in [6, 6.07) is 7.98. The number of carbonyl (C=O) groups excluding carboxylic acids is 1. The largest absolute Gasteiger partial charge is 0.433 e. The molecule has 1 aromatic carbocycles. The lowest BCUT2D eigenvalue weighted by Crippen LogP contribution is -2.65. The van der Waals surface area contributed by atoms with Crippen LogP contribution in [0, 0.1) is 5.92 Å². The number of fused-ring (bicyclic) bond motifs is 1. The average Bonchev–Trinajstić information content (AvgIpc) is 3.33. The van der Waals surface area contributed by atoms with Gasteiger partial charge < -0.3 is 14.7 Å². The average molecular weight is 472 g/mol. The van der Waals surface area contributed by atoms with Crippen molar-refractivity contribution in [1.29, 1.82) is 0 Å². The lowest BCUT2D eigenvalue weighted by Gasteiger charge is -2.54. The summed E-state index contributed by atoms with van der Waals surface area (Å²) in [5.41, 5.74) is 0.0692. The van der Waals surface area contributed by atoms with Crippen LogP contribution in [0.25, 0.3) is 5.69 Å². The number of amides is 1. The normalized spacial score (nSPS) is 20.0. The maximum Gasteiger partial charge on any atom is 0.433 e. The van der Waals surface area contributed by atoms with E-state index in [2.05, 4.69) is 20.2 Å². The van der Waals surface area contributed by atoms with Gasteiger partial charge in [0.25, 0.3) is 5.91 Å². The third-order valence-corrected chi connectivity index (χ3v) is 6.29. The van der Waals surface area contributed by atoms with Crippen LogP contribution in [0.5, 0.6) is 0 Å². The molecular weight excluding hydrogens is 449 g/mol. The van der Waals surface area contributed by atoms with E-state index in [1.165, 1.54) is 22.1 Å². The Morgan fingerprint density at radius 3 is 2.53 bits per heavy atom. The van der Waals surface area contributed by atoms with Gasteiger partial charge in [0.05, 0.1) is 29.7 Å². The number of hydrogen-bond acceptors (Lipinski definition) is 7. The first kappa shape index (κ1) is 22.1. The Hall–Kier alpha value is -3.70. The SMILES string of the molecule is CN(C)c1nc(N2CC3CCN(C(=O)c4ccccc4-n4nccn4)C[C@@H]32)cc(C(F)(F)F)n1. The lowest BCUT2D eigenvalue weighted by molar-refractivity contribution is -0.141. The van der Waals surface area contributed by atoms with E-state index < -0.39 is 11.9 Å². The van der Waals surface area contributed by atoms with Crippen molar-refractivity contribution in [3.05, 3.63) is 54.0 Å². The summed E-state index contributed by atoms with van der Waals surface area (Å²) in [6.07, 6.45) is -0.728. The Balaban J connectivity index is 1.40. The molecule has 2 aliphatic rings. The fourth-order valence-electron chi connectivity index (χ4n) is 4.50. The number of para-hydroxylation sites is 1. The number of halogens is 3. The summed E-state index contributed by atoms with van der Waals surface area (Å²) in [7, 11) is 3.20. The molecule has 0 spiro atoms. The Morgan fingerprint density at radius 1 is 1.09 bits per heavy atom. The number of alkyl halides is 3. The van der Waals surface area contributed by atoms with Gasteiger partial charge in [0.2, 0.25) is 5.95 Å². The van der Waals surface area contributed by atoms with Crippen LogP contribution in [0.2, 0.25) is 0 Å². The minimum absolute atomic E-state index is 0.00216. The first-order chi connectivity index (χ1) is 16.2. The summed E-state index contributed by atoms with van der Waals surface area (Å²) in [4.78, 5) is 27.9. The number of piperidine rings is 1. The van der Waals surface area contributed by atoms with Crippen molar-refractivity contribution in [3.63, 3.8) is 0 Å². The molecule has 2 aliphatic heterocycles. The maximum absolute atomic E-state index is 13.4. The van der Waals surface area contributed by atoms with E-state index in [0.717, 1.165) is 12.5 Å². The van der Waals surface area contributed by atoms with Gasteiger partial charge in [-0.3, -0.25) is 4.79 Å². The quantitative estimate of drug-likeness (QED) is 0.577. The molecule has 3 aromatic rings. The highest BCUT2D eigenvalue weighted by Gasteiger charge is 2.45.